The largest absolute Gasteiger partial charge is 0.342 e. The second-order valence-electron chi connectivity index (χ2n) is 5.58. The molecule has 2 fully saturated rings. The fourth-order valence-corrected chi connectivity index (χ4v) is 3.05. The highest BCUT2D eigenvalue weighted by molar-refractivity contribution is 6.31. The van der Waals surface area contributed by atoms with E-state index < -0.39 is 17.9 Å². The van der Waals surface area contributed by atoms with Crippen molar-refractivity contribution in [3.8, 4) is 0 Å². The summed E-state index contributed by atoms with van der Waals surface area (Å²) in [5.74, 6) is -0.681. The Hall–Kier alpha value is -1.62. The molecule has 6 heteroatoms. The predicted octanol–water partition coefficient (Wildman–Crippen LogP) is 2.50. The molecule has 2 unspecified atom stereocenters. The van der Waals surface area contributed by atoms with Gasteiger partial charge in [0.2, 0.25) is 5.91 Å². The van der Waals surface area contributed by atoms with Gasteiger partial charge in [0.15, 0.2) is 0 Å². The molecule has 0 bridgehead atoms. The molecular formula is C15H16ClFN2O2. The van der Waals surface area contributed by atoms with Gasteiger partial charge in [0.05, 0.1) is 0 Å². The Balaban J connectivity index is 2.01. The van der Waals surface area contributed by atoms with Crippen LogP contribution in [0, 0.1) is 11.7 Å². The Bertz CT molecular complexity index is 583. The SMILES string of the molecule is CCC1C(=O)NC(C2CC2)C(=O)N1c1cc(F)cc(Cl)c1. The zero-order chi connectivity index (χ0) is 15.1. The highest BCUT2D eigenvalue weighted by Gasteiger charge is 2.46. The molecule has 2 aliphatic rings. The number of nitrogens with zero attached hydrogens (tertiary/aromatic N) is 1. The minimum atomic E-state index is -0.620. The molecule has 1 aromatic rings. The van der Waals surface area contributed by atoms with Crippen LogP contribution < -0.4 is 10.2 Å². The van der Waals surface area contributed by atoms with Gasteiger partial charge in [0.25, 0.3) is 5.91 Å². The molecule has 1 saturated heterocycles. The molecule has 21 heavy (non-hydrogen) atoms. The van der Waals surface area contributed by atoms with Crippen LogP contribution in [0.25, 0.3) is 0 Å². The van der Waals surface area contributed by atoms with Gasteiger partial charge >= 0.3 is 0 Å². The van der Waals surface area contributed by atoms with E-state index in [4.69, 9.17) is 11.6 Å². The van der Waals surface area contributed by atoms with Crippen LogP contribution in [-0.4, -0.2) is 23.9 Å². The maximum atomic E-state index is 13.6. The number of carbonyl (C=O) groups excluding carboxylic acids is 2. The van der Waals surface area contributed by atoms with Gasteiger partial charge in [-0.1, -0.05) is 18.5 Å². The molecule has 4 nitrogen and oxygen atoms in total. The summed E-state index contributed by atoms with van der Waals surface area (Å²) in [6.07, 6.45) is 2.33. The first-order chi connectivity index (χ1) is 10.0. The average Bonchev–Trinajstić information content (AvgIpc) is 3.23. The van der Waals surface area contributed by atoms with Crippen molar-refractivity contribution in [3.05, 3.63) is 29.0 Å². The van der Waals surface area contributed by atoms with Crippen LogP contribution in [0.4, 0.5) is 10.1 Å². The number of carbonyl (C=O) groups is 2. The fraction of sp³-hybridized carbons (Fsp3) is 0.467. The molecule has 112 valence electrons. The van der Waals surface area contributed by atoms with Crippen molar-refractivity contribution in [2.45, 2.75) is 38.3 Å². The van der Waals surface area contributed by atoms with Crippen LogP contribution in [0.5, 0.6) is 0 Å². The summed E-state index contributed by atoms with van der Waals surface area (Å²) in [6, 6.07) is 2.83. The van der Waals surface area contributed by atoms with Crippen molar-refractivity contribution in [2.24, 2.45) is 5.92 Å². The molecule has 1 saturated carbocycles. The highest BCUT2D eigenvalue weighted by Crippen LogP contribution is 2.37. The van der Waals surface area contributed by atoms with E-state index in [0.29, 0.717) is 12.1 Å². The van der Waals surface area contributed by atoms with Gasteiger partial charge in [-0.25, -0.2) is 4.39 Å². The van der Waals surface area contributed by atoms with Gasteiger partial charge in [0.1, 0.15) is 17.9 Å². The van der Waals surface area contributed by atoms with Crippen LogP contribution in [0.3, 0.4) is 0 Å². The van der Waals surface area contributed by atoms with Gasteiger partial charge < -0.3 is 5.32 Å². The van der Waals surface area contributed by atoms with E-state index in [9.17, 15) is 14.0 Å². The van der Waals surface area contributed by atoms with E-state index in [1.54, 1.807) is 0 Å². The third-order valence-corrected chi connectivity index (χ3v) is 4.24. The van der Waals surface area contributed by atoms with Gasteiger partial charge in [-0.05, 0) is 43.4 Å². The zero-order valence-electron chi connectivity index (χ0n) is 11.6. The minimum absolute atomic E-state index is 0.175. The van der Waals surface area contributed by atoms with E-state index in [0.717, 1.165) is 12.8 Å². The van der Waals surface area contributed by atoms with Crippen molar-refractivity contribution in [2.75, 3.05) is 4.90 Å². The number of piperazine rings is 1. The molecule has 0 spiro atoms. The fourth-order valence-electron chi connectivity index (χ4n) is 2.83. The number of hydrogen-bond donors (Lipinski definition) is 1. The lowest BCUT2D eigenvalue weighted by Crippen LogP contribution is -2.64. The summed E-state index contributed by atoms with van der Waals surface area (Å²) in [7, 11) is 0. The van der Waals surface area contributed by atoms with Crippen LogP contribution in [0.1, 0.15) is 26.2 Å². The third kappa shape index (κ3) is 2.62. The maximum absolute atomic E-state index is 13.6. The van der Waals surface area contributed by atoms with Crippen molar-refractivity contribution >= 4 is 29.1 Å². The molecule has 0 aromatic heterocycles. The lowest BCUT2D eigenvalue weighted by atomic mass is 10.0. The second kappa shape index (κ2) is 5.30. The Morgan fingerprint density at radius 3 is 2.62 bits per heavy atom. The molecule has 2 atom stereocenters. The maximum Gasteiger partial charge on any atom is 0.250 e. The van der Waals surface area contributed by atoms with E-state index in [1.165, 1.54) is 23.1 Å². The Labute approximate surface area is 127 Å². The Morgan fingerprint density at radius 1 is 1.33 bits per heavy atom. The molecule has 1 aliphatic carbocycles. The third-order valence-electron chi connectivity index (χ3n) is 4.02. The van der Waals surface area contributed by atoms with E-state index in [2.05, 4.69) is 5.32 Å². The number of rotatable bonds is 3. The van der Waals surface area contributed by atoms with Crippen molar-refractivity contribution in [1.29, 1.82) is 0 Å². The number of amides is 2. The van der Waals surface area contributed by atoms with Gasteiger partial charge in [-0.15, -0.1) is 0 Å². The quantitative estimate of drug-likeness (QED) is 0.932. The summed E-state index contributed by atoms with van der Waals surface area (Å²) in [5.41, 5.74) is 0.345. The van der Waals surface area contributed by atoms with Crippen LogP contribution in [-0.2, 0) is 9.59 Å². The summed E-state index contributed by atoms with van der Waals surface area (Å²) >= 11 is 5.88. The zero-order valence-corrected chi connectivity index (χ0v) is 12.4. The first kappa shape index (κ1) is 14.3. The lowest BCUT2D eigenvalue weighted by Gasteiger charge is -2.38. The summed E-state index contributed by atoms with van der Waals surface area (Å²) in [5, 5.41) is 3.01. The van der Waals surface area contributed by atoms with Crippen LogP contribution in [0.2, 0.25) is 5.02 Å². The average molecular weight is 311 g/mol. The number of anilines is 1. The Morgan fingerprint density at radius 2 is 2.05 bits per heavy atom. The monoisotopic (exact) mass is 310 g/mol. The van der Waals surface area contributed by atoms with Gasteiger partial charge in [0, 0.05) is 10.7 Å². The number of halogens is 2. The normalized spacial score (nSPS) is 26.0. The molecule has 1 aliphatic heterocycles. The molecule has 1 N–H and O–H groups in total. The summed E-state index contributed by atoms with van der Waals surface area (Å²) < 4.78 is 13.6. The van der Waals surface area contributed by atoms with Crippen molar-refractivity contribution in [1.82, 2.24) is 5.32 Å². The molecule has 0 radical (unpaired) electrons. The number of nitrogens with one attached hydrogen (secondary N) is 1. The molecule has 2 amide bonds. The second-order valence-corrected chi connectivity index (χ2v) is 6.02. The first-order valence-corrected chi connectivity index (χ1v) is 7.48. The number of hydrogen-bond acceptors (Lipinski definition) is 2. The molecular weight excluding hydrogens is 295 g/mol. The topological polar surface area (TPSA) is 49.4 Å². The summed E-state index contributed by atoms with van der Waals surface area (Å²) in [6.45, 7) is 1.82. The smallest absolute Gasteiger partial charge is 0.250 e. The van der Waals surface area contributed by atoms with E-state index >= 15 is 0 Å². The minimum Gasteiger partial charge on any atom is -0.342 e. The standard InChI is InChI=1S/C15H16ClFN2O2/c1-2-12-14(20)18-13(8-3-4-8)15(21)19(12)11-6-9(16)5-10(17)7-11/h5-8,12-13H,2-4H2,1H3,(H,18,20). The molecule has 1 heterocycles. The predicted molar refractivity (Wildman–Crippen MR) is 77.6 cm³/mol. The first-order valence-electron chi connectivity index (χ1n) is 7.10. The van der Waals surface area contributed by atoms with Crippen LogP contribution >= 0.6 is 11.6 Å². The highest BCUT2D eigenvalue weighted by atomic mass is 35.5. The Kier molecular flexibility index (Phi) is 3.61. The van der Waals surface area contributed by atoms with E-state index in [-0.39, 0.29) is 22.8 Å². The van der Waals surface area contributed by atoms with Crippen LogP contribution in [0.15, 0.2) is 18.2 Å². The van der Waals surface area contributed by atoms with Crippen molar-refractivity contribution in [3.63, 3.8) is 0 Å². The molecule has 1 aromatic carbocycles. The van der Waals surface area contributed by atoms with Gasteiger partial charge in [-0.2, -0.15) is 0 Å². The van der Waals surface area contributed by atoms with Gasteiger partial charge in [-0.3, -0.25) is 14.5 Å². The van der Waals surface area contributed by atoms with Crippen molar-refractivity contribution < 1.29 is 14.0 Å². The summed E-state index contributed by atoms with van der Waals surface area (Å²) in [4.78, 5) is 26.3. The lowest BCUT2D eigenvalue weighted by molar-refractivity contribution is -0.134. The molecule has 3 rings (SSSR count). The number of benzene rings is 1. The van der Waals surface area contributed by atoms with E-state index in [1.807, 2.05) is 6.92 Å².